The SMILES string of the molecule is Cc1c(OC2CCCC(NC(C)C)C2)ccc2[nH]ncc12. The van der Waals surface area contributed by atoms with Gasteiger partial charge in [-0.3, -0.25) is 5.10 Å². The number of benzene rings is 1. The van der Waals surface area contributed by atoms with Crippen LogP contribution in [0.3, 0.4) is 0 Å². The lowest BCUT2D eigenvalue weighted by atomic mass is 9.92. The highest BCUT2D eigenvalue weighted by molar-refractivity contribution is 5.83. The van der Waals surface area contributed by atoms with Gasteiger partial charge in [-0.15, -0.1) is 0 Å². The van der Waals surface area contributed by atoms with Gasteiger partial charge >= 0.3 is 0 Å². The lowest BCUT2D eigenvalue weighted by Gasteiger charge is -2.31. The van der Waals surface area contributed by atoms with Gasteiger partial charge in [-0.2, -0.15) is 5.10 Å². The van der Waals surface area contributed by atoms with Crippen molar-refractivity contribution in [2.75, 3.05) is 0 Å². The van der Waals surface area contributed by atoms with Gasteiger partial charge in [-0.05, 0) is 44.7 Å². The van der Waals surface area contributed by atoms with Crippen LogP contribution in [0.4, 0.5) is 0 Å². The molecule has 0 radical (unpaired) electrons. The molecule has 1 heterocycles. The number of aromatic amines is 1. The van der Waals surface area contributed by atoms with Crippen LogP contribution in [-0.2, 0) is 0 Å². The van der Waals surface area contributed by atoms with E-state index in [9.17, 15) is 0 Å². The largest absolute Gasteiger partial charge is 0.490 e. The lowest BCUT2D eigenvalue weighted by Crippen LogP contribution is -2.41. The van der Waals surface area contributed by atoms with E-state index in [0.717, 1.165) is 29.5 Å². The Bertz CT molecular complexity index is 605. The average Bonchev–Trinajstić information content (AvgIpc) is 2.91. The second-order valence-electron chi connectivity index (χ2n) is 6.44. The first-order chi connectivity index (χ1) is 10.1. The van der Waals surface area contributed by atoms with Crippen LogP contribution in [0.25, 0.3) is 10.9 Å². The van der Waals surface area contributed by atoms with Crippen LogP contribution in [-0.4, -0.2) is 28.4 Å². The Labute approximate surface area is 126 Å². The molecule has 2 atom stereocenters. The number of nitrogens with zero attached hydrogens (tertiary/aromatic N) is 1. The molecule has 2 unspecified atom stereocenters. The average molecular weight is 287 g/mol. The standard InChI is InChI=1S/C17H25N3O/c1-11(2)19-13-5-4-6-14(9-13)21-17-8-7-16-15(12(17)3)10-18-20-16/h7-8,10-11,13-14,19H,4-6,9H2,1-3H3,(H,18,20). The molecule has 1 fully saturated rings. The molecule has 2 N–H and O–H groups in total. The highest BCUT2D eigenvalue weighted by Crippen LogP contribution is 2.30. The van der Waals surface area contributed by atoms with Gasteiger partial charge in [0.2, 0.25) is 0 Å². The highest BCUT2D eigenvalue weighted by atomic mass is 16.5. The van der Waals surface area contributed by atoms with E-state index in [4.69, 9.17) is 4.74 Å². The van der Waals surface area contributed by atoms with Crippen molar-refractivity contribution < 1.29 is 4.74 Å². The van der Waals surface area contributed by atoms with E-state index in [2.05, 4.69) is 48.4 Å². The first-order valence-electron chi connectivity index (χ1n) is 7.99. The summed E-state index contributed by atoms with van der Waals surface area (Å²) in [4.78, 5) is 0. The van der Waals surface area contributed by atoms with Crippen molar-refractivity contribution in [1.82, 2.24) is 15.5 Å². The Morgan fingerprint density at radius 2 is 2.19 bits per heavy atom. The summed E-state index contributed by atoms with van der Waals surface area (Å²) in [5.74, 6) is 0.999. The number of H-pyrrole nitrogens is 1. The Morgan fingerprint density at radius 1 is 1.33 bits per heavy atom. The summed E-state index contributed by atoms with van der Waals surface area (Å²) >= 11 is 0. The number of aromatic nitrogens is 2. The Morgan fingerprint density at radius 3 is 3.00 bits per heavy atom. The molecule has 0 amide bonds. The molecule has 0 saturated heterocycles. The summed E-state index contributed by atoms with van der Waals surface area (Å²) in [5.41, 5.74) is 2.25. The summed E-state index contributed by atoms with van der Waals surface area (Å²) in [6.45, 7) is 6.53. The molecule has 4 nitrogen and oxygen atoms in total. The maximum absolute atomic E-state index is 6.29. The van der Waals surface area contributed by atoms with Gasteiger partial charge in [0.25, 0.3) is 0 Å². The van der Waals surface area contributed by atoms with Crippen LogP contribution >= 0.6 is 0 Å². The molecule has 2 aromatic rings. The maximum atomic E-state index is 6.29. The summed E-state index contributed by atoms with van der Waals surface area (Å²) in [5, 5.41) is 11.9. The van der Waals surface area contributed by atoms with Crippen LogP contribution in [0.5, 0.6) is 5.75 Å². The predicted molar refractivity (Wildman–Crippen MR) is 85.8 cm³/mol. The molecule has 4 heteroatoms. The van der Waals surface area contributed by atoms with Gasteiger partial charge in [0.1, 0.15) is 11.9 Å². The Hall–Kier alpha value is -1.55. The van der Waals surface area contributed by atoms with Crippen LogP contribution in [0.2, 0.25) is 0 Å². The highest BCUT2D eigenvalue weighted by Gasteiger charge is 2.24. The zero-order chi connectivity index (χ0) is 14.8. The molecule has 1 aromatic heterocycles. The van der Waals surface area contributed by atoms with Gasteiger partial charge in [0, 0.05) is 23.0 Å². The normalized spacial score (nSPS) is 22.9. The van der Waals surface area contributed by atoms with E-state index in [0.29, 0.717) is 18.2 Å². The molecule has 114 valence electrons. The van der Waals surface area contributed by atoms with E-state index in [-0.39, 0.29) is 0 Å². The van der Waals surface area contributed by atoms with Crippen LogP contribution < -0.4 is 10.1 Å². The van der Waals surface area contributed by atoms with Crippen molar-refractivity contribution in [1.29, 1.82) is 0 Å². The van der Waals surface area contributed by atoms with Crippen LogP contribution in [0.15, 0.2) is 18.3 Å². The Kier molecular flexibility index (Phi) is 4.15. The topological polar surface area (TPSA) is 49.9 Å². The van der Waals surface area contributed by atoms with E-state index in [1.54, 1.807) is 0 Å². The molecule has 1 aliphatic rings. The van der Waals surface area contributed by atoms with Crippen molar-refractivity contribution >= 4 is 10.9 Å². The van der Waals surface area contributed by atoms with E-state index in [1.165, 1.54) is 18.4 Å². The third-order valence-corrected chi connectivity index (χ3v) is 4.33. The fourth-order valence-electron chi connectivity index (χ4n) is 3.32. The number of rotatable bonds is 4. The molecule has 1 saturated carbocycles. The third kappa shape index (κ3) is 3.21. The molecular weight excluding hydrogens is 262 g/mol. The van der Waals surface area contributed by atoms with Crippen molar-refractivity contribution in [3.8, 4) is 5.75 Å². The third-order valence-electron chi connectivity index (χ3n) is 4.33. The molecule has 1 aliphatic carbocycles. The zero-order valence-corrected chi connectivity index (χ0v) is 13.1. The monoisotopic (exact) mass is 287 g/mol. The minimum atomic E-state index is 0.318. The summed E-state index contributed by atoms with van der Waals surface area (Å²) in [6.07, 6.45) is 6.94. The van der Waals surface area contributed by atoms with Crippen LogP contribution in [0.1, 0.15) is 45.1 Å². The lowest BCUT2D eigenvalue weighted by molar-refractivity contribution is 0.131. The molecule has 1 aromatic carbocycles. The van der Waals surface area contributed by atoms with Gasteiger partial charge in [0.15, 0.2) is 0 Å². The first-order valence-corrected chi connectivity index (χ1v) is 7.99. The number of hydrogen-bond donors (Lipinski definition) is 2. The fraction of sp³-hybridized carbons (Fsp3) is 0.588. The van der Waals surface area contributed by atoms with Crippen molar-refractivity contribution in [3.05, 3.63) is 23.9 Å². The quantitative estimate of drug-likeness (QED) is 0.904. The van der Waals surface area contributed by atoms with Crippen LogP contribution in [0, 0.1) is 6.92 Å². The van der Waals surface area contributed by atoms with Gasteiger partial charge in [0.05, 0.1) is 11.7 Å². The Balaban J connectivity index is 1.71. The molecule has 3 rings (SSSR count). The summed E-state index contributed by atoms with van der Waals surface area (Å²) < 4.78 is 6.29. The van der Waals surface area contributed by atoms with E-state index in [1.807, 2.05) is 6.20 Å². The number of fused-ring (bicyclic) bond motifs is 1. The second kappa shape index (κ2) is 6.06. The van der Waals surface area contributed by atoms with E-state index >= 15 is 0 Å². The van der Waals surface area contributed by atoms with Crippen molar-refractivity contribution in [2.24, 2.45) is 0 Å². The summed E-state index contributed by atoms with van der Waals surface area (Å²) in [7, 11) is 0. The molecule has 0 spiro atoms. The minimum Gasteiger partial charge on any atom is -0.490 e. The van der Waals surface area contributed by atoms with Gasteiger partial charge < -0.3 is 10.1 Å². The van der Waals surface area contributed by atoms with Gasteiger partial charge in [-0.25, -0.2) is 0 Å². The second-order valence-corrected chi connectivity index (χ2v) is 6.44. The molecule has 0 aliphatic heterocycles. The molecular formula is C17H25N3O. The van der Waals surface area contributed by atoms with Crippen molar-refractivity contribution in [2.45, 2.75) is 64.6 Å². The maximum Gasteiger partial charge on any atom is 0.123 e. The van der Waals surface area contributed by atoms with Gasteiger partial charge in [-0.1, -0.05) is 13.8 Å². The van der Waals surface area contributed by atoms with E-state index < -0.39 is 0 Å². The number of hydrogen-bond acceptors (Lipinski definition) is 3. The predicted octanol–water partition coefficient (Wildman–Crippen LogP) is 3.56. The smallest absolute Gasteiger partial charge is 0.123 e. The molecule has 0 bridgehead atoms. The number of ether oxygens (including phenoxy) is 1. The number of nitrogens with one attached hydrogen (secondary N) is 2. The van der Waals surface area contributed by atoms with Crippen molar-refractivity contribution in [3.63, 3.8) is 0 Å². The summed E-state index contributed by atoms with van der Waals surface area (Å²) in [6, 6.07) is 5.24. The number of aryl methyl sites for hydroxylation is 1. The zero-order valence-electron chi connectivity index (χ0n) is 13.1. The first kappa shape index (κ1) is 14.4. The fourth-order valence-corrected chi connectivity index (χ4v) is 3.32. The molecule has 21 heavy (non-hydrogen) atoms. The minimum absolute atomic E-state index is 0.318.